The second kappa shape index (κ2) is 7.30. The molecule has 0 fully saturated rings. The van der Waals surface area contributed by atoms with E-state index in [0.717, 1.165) is 0 Å². The summed E-state index contributed by atoms with van der Waals surface area (Å²) >= 11 is 12.1. The average Bonchev–Trinajstić information content (AvgIpc) is 2.51. The number of nitriles is 1. The minimum Gasteiger partial charge on any atom is -0.368 e. The Balaban J connectivity index is 2.56. The fraction of sp³-hybridized carbons (Fsp3) is 0.125. The van der Waals surface area contributed by atoms with Crippen LogP contribution in [0.25, 0.3) is 11.1 Å². The molecule has 3 N–H and O–H groups in total. The molecule has 1 aromatic heterocycles. The lowest BCUT2D eigenvalue weighted by Crippen LogP contribution is -2.33. The van der Waals surface area contributed by atoms with Crippen molar-refractivity contribution in [2.75, 3.05) is 6.54 Å². The molecule has 2 amide bonds. The summed E-state index contributed by atoms with van der Waals surface area (Å²) < 4.78 is 0. The highest BCUT2D eigenvalue weighted by Crippen LogP contribution is 2.33. The summed E-state index contributed by atoms with van der Waals surface area (Å²) in [5, 5.41) is 12.5. The molecule has 0 atom stereocenters. The third-order valence-electron chi connectivity index (χ3n) is 3.19. The Morgan fingerprint density at radius 2 is 2.00 bits per heavy atom. The van der Waals surface area contributed by atoms with Crippen LogP contribution in [0, 0.1) is 18.3 Å². The molecule has 0 bridgehead atoms. The highest BCUT2D eigenvalue weighted by molar-refractivity contribution is 6.36. The van der Waals surface area contributed by atoms with Gasteiger partial charge >= 0.3 is 0 Å². The molecule has 0 spiro atoms. The first kappa shape index (κ1) is 17.7. The lowest BCUT2D eigenvalue weighted by Gasteiger charge is -2.11. The highest BCUT2D eigenvalue weighted by atomic mass is 35.5. The second-order valence-electron chi connectivity index (χ2n) is 4.90. The number of pyridine rings is 1. The monoisotopic (exact) mass is 362 g/mol. The summed E-state index contributed by atoms with van der Waals surface area (Å²) in [5.41, 5.74) is 6.72. The summed E-state index contributed by atoms with van der Waals surface area (Å²) in [6.07, 6.45) is 0. The molecule has 0 radical (unpaired) electrons. The van der Waals surface area contributed by atoms with Gasteiger partial charge in [-0.2, -0.15) is 5.26 Å². The standard InChI is InChI=1S/C16H12Cl2N4O2/c1-8-12(6-19)11(10-3-2-9(17)4-13(10)18)5-14(22-8)16(24)21-7-15(20)23/h2-5H,7H2,1H3,(H2,20,23)(H,21,24). The Morgan fingerprint density at radius 1 is 1.29 bits per heavy atom. The Labute approximate surface area is 148 Å². The second-order valence-corrected chi connectivity index (χ2v) is 5.74. The number of aromatic nitrogens is 1. The molecule has 122 valence electrons. The molecule has 6 nitrogen and oxygen atoms in total. The maximum atomic E-state index is 12.1. The smallest absolute Gasteiger partial charge is 0.270 e. The fourth-order valence-corrected chi connectivity index (χ4v) is 2.62. The first-order valence-corrected chi connectivity index (χ1v) is 7.52. The van der Waals surface area contributed by atoms with E-state index in [0.29, 0.717) is 32.4 Å². The average molecular weight is 363 g/mol. The SMILES string of the molecule is Cc1nc(C(=O)NCC(N)=O)cc(-c2ccc(Cl)cc2Cl)c1C#N. The van der Waals surface area contributed by atoms with E-state index in [1.165, 1.54) is 6.07 Å². The van der Waals surface area contributed by atoms with Gasteiger partial charge in [0.2, 0.25) is 5.91 Å². The molecule has 8 heteroatoms. The molecule has 24 heavy (non-hydrogen) atoms. The summed E-state index contributed by atoms with van der Waals surface area (Å²) in [6.45, 7) is 1.30. The van der Waals surface area contributed by atoms with E-state index in [1.54, 1.807) is 25.1 Å². The Bertz CT molecular complexity index is 875. The summed E-state index contributed by atoms with van der Waals surface area (Å²) in [6, 6.07) is 8.34. The first-order valence-electron chi connectivity index (χ1n) is 6.77. The van der Waals surface area contributed by atoms with Crippen molar-refractivity contribution < 1.29 is 9.59 Å². The van der Waals surface area contributed by atoms with Crippen molar-refractivity contribution in [3.63, 3.8) is 0 Å². The lowest BCUT2D eigenvalue weighted by atomic mass is 9.98. The quantitative estimate of drug-likeness (QED) is 0.870. The molecule has 2 aromatic rings. The molecule has 1 aromatic carbocycles. The van der Waals surface area contributed by atoms with Crippen molar-refractivity contribution in [3.05, 3.63) is 51.3 Å². The van der Waals surface area contributed by atoms with Crippen LogP contribution in [0.3, 0.4) is 0 Å². The predicted molar refractivity (Wildman–Crippen MR) is 90.7 cm³/mol. The van der Waals surface area contributed by atoms with Crippen molar-refractivity contribution >= 4 is 35.0 Å². The molecule has 2 rings (SSSR count). The number of benzene rings is 1. The number of hydrogen-bond donors (Lipinski definition) is 2. The van der Waals surface area contributed by atoms with Gasteiger partial charge in [0.05, 0.1) is 17.8 Å². The van der Waals surface area contributed by atoms with E-state index in [4.69, 9.17) is 28.9 Å². The van der Waals surface area contributed by atoms with Crippen molar-refractivity contribution in [1.29, 1.82) is 5.26 Å². The van der Waals surface area contributed by atoms with Crippen molar-refractivity contribution in [2.24, 2.45) is 5.73 Å². The Kier molecular flexibility index (Phi) is 5.39. The lowest BCUT2D eigenvalue weighted by molar-refractivity contribution is -0.117. The molecule has 0 saturated heterocycles. The van der Waals surface area contributed by atoms with Gasteiger partial charge in [-0.05, 0) is 25.1 Å². The van der Waals surface area contributed by atoms with Crippen LogP contribution < -0.4 is 11.1 Å². The van der Waals surface area contributed by atoms with Crippen LogP contribution in [0.5, 0.6) is 0 Å². The normalized spacial score (nSPS) is 10.1. The van der Waals surface area contributed by atoms with Crippen molar-refractivity contribution in [2.45, 2.75) is 6.92 Å². The third-order valence-corrected chi connectivity index (χ3v) is 3.74. The van der Waals surface area contributed by atoms with Gasteiger partial charge in [0.25, 0.3) is 5.91 Å². The van der Waals surface area contributed by atoms with E-state index >= 15 is 0 Å². The van der Waals surface area contributed by atoms with Gasteiger partial charge in [0.15, 0.2) is 0 Å². The summed E-state index contributed by atoms with van der Waals surface area (Å²) in [4.78, 5) is 27.0. The maximum Gasteiger partial charge on any atom is 0.270 e. The largest absolute Gasteiger partial charge is 0.368 e. The zero-order valence-electron chi connectivity index (χ0n) is 12.6. The minimum absolute atomic E-state index is 0.0498. The number of nitrogens with one attached hydrogen (secondary N) is 1. The van der Waals surface area contributed by atoms with Gasteiger partial charge in [-0.15, -0.1) is 0 Å². The molecule has 0 aliphatic rings. The van der Waals surface area contributed by atoms with Crippen LogP contribution in [0.4, 0.5) is 0 Å². The molecule has 1 heterocycles. The summed E-state index contributed by atoms with van der Waals surface area (Å²) in [7, 11) is 0. The number of amides is 2. The molecule has 0 aliphatic carbocycles. The molecular formula is C16H12Cl2N4O2. The van der Waals surface area contributed by atoms with E-state index < -0.39 is 11.8 Å². The number of primary amides is 1. The molecular weight excluding hydrogens is 351 g/mol. The van der Waals surface area contributed by atoms with Gasteiger partial charge in [-0.3, -0.25) is 9.59 Å². The van der Waals surface area contributed by atoms with E-state index in [1.807, 2.05) is 0 Å². The number of nitrogens with zero attached hydrogens (tertiary/aromatic N) is 2. The number of halogens is 2. The van der Waals surface area contributed by atoms with Crippen molar-refractivity contribution in [3.8, 4) is 17.2 Å². The zero-order chi connectivity index (χ0) is 17.9. The number of rotatable bonds is 4. The van der Waals surface area contributed by atoms with Crippen LogP contribution in [0.15, 0.2) is 24.3 Å². The van der Waals surface area contributed by atoms with Crippen LogP contribution in [0.1, 0.15) is 21.7 Å². The van der Waals surface area contributed by atoms with E-state index in [-0.39, 0.29) is 12.2 Å². The molecule has 0 saturated carbocycles. The number of nitrogens with two attached hydrogens (primary N) is 1. The maximum absolute atomic E-state index is 12.1. The number of carbonyl (C=O) groups is 2. The van der Waals surface area contributed by atoms with Gasteiger partial charge in [0, 0.05) is 21.2 Å². The predicted octanol–water partition coefficient (Wildman–Crippen LogP) is 2.45. The zero-order valence-corrected chi connectivity index (χ0v) is 14.1. The van der Waals surface area contributed by atoms with Gasteiger partial charge < -0.3 is 11.1 Å². The summed E-state index contributed by atoms with van der Waals surface area (Å²) in [5.74, 6) is -1.25. The van der Waals surface area contributed by atoms with E-state index in [2.05, 4.69) is 16.4 Å². The Morgan fingerprint density at radius 3 is 2.58 bits per heavy atom. The first-order chi connectivity index (χ1) is 11.3. The van der Waals surface area contributed by atoms with Crippen LogP contribution >= 0.6 is 23.2 Å². The topological polar surface area (TPSA) is 109 Å². The highest BCUT2D eigenvalue weighted by Gasteiger charge is 2.17. The molecule has 0 unspecified atom stereocenters. The molecule has 0 aliphatic heterocycles. The fourth-order valence-electron chi connectivity index (χ4n) is 2.11. The van der Waals surface area contributed by atoms with Crippen LogP contribution in [-0.2, 0) is 4.79 Å². The number of aryl methyl sites for hydroxylation is 1. The number of carbonyl (C=O) groups excluding carboxylic acids is 2. The number of hydrogen-bond acceptors (Lipinski definition) is 4. The third kappa shape index (κ3) is 3.82. The van der Waals surface area contributed by atoms with Gasteiger partial charge in [-0.25, -0.2) is 4.98 Å². The van der Waals surface area contributed by atoms with Crippen molar-refractivity contribution in [1.82, 2.24) is 10.3 Å². The van der Waals surface area contributed by atoms with Gasteiger partial charge in [0.1, 0.15) is 11.8 Å². The van der Waals surface area contributed by atoms with Crippen LogP contribution in [-0.4, -0.2) is 23.3 Å². The van der Waals surface area contributed by atoms with Gasteiger partial charge in [-0.1, -0.05) is 29.3 Å². The van der Waals surface area contributed by atoms with E-state index in [9.17, 15) is 14.9 Å². The Hall–Kier alpha value is -2.62. The minimum atomic E-state index is -0.672. The van der Waals surface area contributed by atoms with Crippen LogP contribution in [0.2, 0.25) is 10.0 Å².